The van der Waals surface area contributed by atoms with Crippen molar-refractivity contribution >= 4 is 28.5 Å². The van der Waals surface area contributed by atoms with Gasteiger partial charge in [-0.1, -0.05) is 66.2 Å². The van der Waals surface area contributed by atoms with Gasteiger partial charge in [0.25, 0.3) is 0 Å². The number of para-hydroxylation sites is 3. The zero-order valence-corrected chi connectivity index (χ0v) is 18.4. The normalized spacial score (nSPS) is 16.1. The summed E-state index contributed by atoms with van der Waals surface area (Å²) in [5, 5.41) is 0.598. The minimum atomic E-state index is 0.0546. The molecule has 6 heteroatoms. The Bertz CT molecular complexity index is 1240. The molecule has 5 rings (SSSR count). The van der Waals surface area contributed by atoms with Crippen LogP contribution in [0.25, 0.3) is 11.0 Å². The van der Waals surface area contributed by atoms with Crippen molar-refractivity contribution < 1.29 is 9.53 Å². The number of ether oxygens (including phenoxy) is 1. The van der Waals surface area contributed by atoms with Crippen molar-refractivity contribution in [1.29, 1.82) is 0 Å². The topological polar surface area (TPSA) is 47.4 Å². The van der Waals surface area contributed by atoms with Gasteiger partial charge in [0.2, 0.25) is 5.91 Å². The highest BCUT2D eigenvalue weighted by atomic mass is 35.5. The van der Waals surface area contributed by atoms with Crippen molar-refractivity contribution in [2.24, 2.45) is 0 Å². The monoisotopic (exact) mass is 445 g/mol. The SMILES string of the molecule is O=C1C[C@@H](c2nc3ccccc3n2CCOc2ccccc2Cl)CN1Cc1ccccc1. The van der Waals surface area contributed by atoms with Crippen LogP contribution in [0.1, 0.15) is 23.7 Å². The quantitative estimate of drug-likeness (QED) is 0.388. The van der Waals surface area contributed by atoms with Gasteiger partial charge in [0.15, 0.2) is 0 Å². The number of fused-ring (bicyclic) bond motifs is 1. The fourth-order valence-corrected chi connectivity index (χ4v) is 4.54. The van der Waals surface area contributed by atoms with Gasteiger partial charge in [-0.05, 0) is 29.8 Å². The minimum Gasteiger partial charge on any atom is -0.490 e. The van der Waals surface area contributed by atoms with Crippen molar-refractivity contribution in [3.05, 3.63) is 95.3 Å². The van der Waals surface area contributed by atoms with Crippen LogP contribution in [0.5, 0.6) is 5.75 Å². The van der Waals surface area contributed by atoms with Crippen LogP contribution < -0.4 is 4.74 Å². The molecule has 0 unspecified atom stereocenters. The summed E-state index contributed by atoms with van der Waals surface area (Å²) < 4.78 is 8.13. The third-order valence-electron chi connectivity index (χ3n) is 5.89. The molecule has 3 aromatic carbocycles. The van der Waals surface area contributed by atoms with Gasteiger partial charge in [-0.2, -0.15) is 0 Å². The third kappa shape index (κ3) is 4.21. The van der Waals surface area contributed by atoms with Gasteiger partial charge in [0.1, 0.15) is 18.2 Å². The number of rotatable bonds is 7. The van der Waals surface area contributed by atoms with Gasteiger partial charge in [-0.15, -0.1) is 0 Å². The molecule has 0 radical (unpaired) electrons. The second kappa shape index (κ2) is 9.05. The van der Waals surface area contributed by atoms with Crippen molar-refractivity contribution in [3.63, 3.8) is 0 Å². The van der Waals surface area contributed by atoms with E-state index in [0.29, 0.717) is 43.4 Å². The van der Waals surface area contributed by atoms with E-state index >= 15 is 0 Å². The molecule has 1 fully saturated rings. The van der Waals surface area contributed by atoms with E-state index in [1.54, 1.807) is 0 Å². The van der Waals surface area contributed by atoms with Gasteiger partial charge in [-0.25, -0.2) is 4.98 Å². The predicted octanol–water partition coefficient (Wildman–Crippen LogP) is 5.28. The van der Waals surface area contributed by atoms with E-state index in [0.717, 1.165) is 22.4 Å². The number of amides is 1. The Hall–Kier alpha value is -3.31. The maximum atomic E-state index is 12.8. The maximum Gasteiger partial charge on any atom is 0.223 e. The summed E-state index contributed by atoms with van der Waals surface area (Å²) in [6.07, 6.45) is 0.474. The number of likely N-dealkylation sites (tertiary alicyclic amines) is 1. The van der Waals surface area contributed by atoms with Crippen molar-refractivity contribution in [2.45, 2.75) is 25.4 Å². The van der Waals surface area contributed by atoms with Crippen LogP contribution in [0.15, 0.2) is 78.9 Å². The second-order valence-corrected chi connectivity index (χ2v) is 8.46. The third-order valence-corrected chi connectivity index (χ3v) is 6.20. The fraction of sp³-hybridized carbons (Fsp3) is 0.231. The molecule has 1 amide bonds. The molecule has 0 spiro atoms. The summed E-state index contributed by atoms with van der Waals surface area (Å²) in [5.41, 5.74) is 3.14. The summed E-state index contributed by atoms with van der Waals surface area (Å²) in [7, 11) is 0. The Balaban J connectivity index is 1.37. The maximum absolute atomic E-state index is 12.8. The summed E-state index contributed by atoms with van der Waals surface area (Å²) in [5.74, 6) is 1.84. The number of hydrogen-bond donors (Lipinski definition) is 0. The Morgan fingerprint density at radius 3 is 2.56 bits per heavy atom. The van der Waals surface area contributed by atoms with Crippen LogP contribution in [0.2, 0.25) is 5.02 Å². The number of benzene rings is 3. The molecule has 4 aromatic rings. The average Bonchev–Trinajstić information content (AvgIpc) is 3.36. The Kier molecular flexibility index (Phi) is 5.82. The van der Waals surface area contributed by atoms with Crippen LogP contribution >= 0.6 is 11.6 Å². The van der Waals surface area contributed by atoms with Crippen LogP contribution in [0.3, 0.4) is 0 Å². The largest absolute Gasteiger partial charge is 0.490 e. The standard InChI is InChI=1S/C26H24ClN3O2/c27-21-10-4-7-13-24(21)32-15-14-30-23-12-6-5-11-22(23)28-26(30)20-16-25(31)29(18-20)17-19-8-2-1-3-9-19/h1-13,20H,14-18H2/t20-/m1/s1. The van der Waals surface area contributed by atoms with E-state index in [9.17, 15) is 4.79 Å². The molecule has 1 atom stereocenters. The lowest BCUT2D eigenvalue weighted by atomic mass is 10.1. The molecule has 1 aliphatic rings. The Morgan fingerprint density at radius 1 is 0.969 bits per heavy atom. The average molecular weight is 446 g/mol. The summed E-state index contributed by atoms with van der Waals surface area (Å²) >= 11 is 6.23. The van der Waals surface area contributed by atoms with Gasteiger partial charge >= 0.3 is 0 Å². The molecule has 32 heavy (non-hydrogen) atoms. The van der Waals surface area contributed by atoms with E-state index in [1.807, 2.05) is 65.6 Å². The minimum absolute atomic E-state index is 0.0546. The molecule has 1 aliphatic heterocycles. The lowest BCUT2D eigenvalue weighted by molar-refractivity contribution is -0.128. The zero-order valence-electron chi connectivity index (χ0n) is 17.7. The lowest BCUT2D eigenvalue weighted by Gasteiger charge is -2.17. The van der Waals surface area contributed by atoms with Gasteiger partial charge < -0.3 is 14.2 Å². The molecular weight excluding hydrogens is 422 g/mol. The molecule has 1 aromatic heterocycles. The molecule has 162 valence electrons. The van der Waals surface area contributed by atoms with Crippen LogP contribution in [-0.4, -0.2) is 33.5 Å². The zero-order chi connectivity index (χ0) is 21.9. The number of carbonyl (C=O) groups is 1. The molecule has 0 aliphatic carbocycles. The summed E-state index contributed by atoms with van der Waals surface area (Å²) in [6.45, 7) is 2.39. The van der Waals surface area contributed by atoms with Crippen LogP contribution in [0.4, 0.5) is 0 Å². The molecule has 0 N–H and O–H groups in total. The van der Waals surface area contributed by atoms with Gasteiger partial charge in [0.05, 0.1) is 22.6 Å². The smallest absolute Gasteiger partial charge is 0.223 e. The number of imidazole rings is 1. The van der Waals surface area contributed by atoms with Crippen molar-refractivity contribution in [1.82, 2.24) is 14.5 Å². The van der Waals surface area contributed by atoms with Crippen LogP contribution in [0, 0.1) is 0 Å². The molecule has 1 saturated heterocycles. The highest BCUT2D eigenvalue weighted by molar-refractivity contribution is 6.32. The molecule has 5 nitrogen and oxygen atoms in total. The van der Waals surface area contributed by atoms with Gasteiger partial charge in [0, 0.05) is 25.4 Å². The summed E-state index contributed by atoms with van der Waals surface area (Å²) in [4.78, 5) is 19.6. The highest BCUT2D eigenvalue weighted by Gasteiger charge is 2.34. The number of aromatic nitrogens is 2. The first-order chi connectivity index (χ1) is 15.7. The van der Waals surface area contributed by atoms with Crippen molar-refractivity contribution in [3.8, 4) is 5.75 Å². The number of carbonyl (C=O) groups excluding carboxylic acids is 1. The molecule has 2 heterocycles. The van der Waals surface area contributed by atoms with Crippen LogP contribution in [-0.2, 0) is 17.9 Å². The molecule has 0 bridgehead atoms. The lowest BCUT2D eigenvalue weighted by Crippen LogP contribution is -2.24. The van der Waals surface area contributed by atoms with Gasteiger partial charge in [-0.3, -0.25) is 4.79 Å². The Labute approximate surface area is 192 Å². The first kappa shape index (κ1) is 20.6. The van der Waals surface area contributed by atoms with E-state index < -0.39 is 0 Å². The fourth-order valence-electron chi connectivity index (χ4n) is 4.35. The van der Waals surface area contributed by atoms with E-state index in [1.165, 1.54) is 0 Å². The van der Waals surface area contributed by atoms with E-state index in [2.05, 4.69) is 22.8 Å². The second-order valence-electron chi connectivity index (χ2n) is 8.05. The molecular formula is C26H24ClN3O2. The van der Waals surface area contributed by atoms with E-state index in [4.69, 9.17) is 21.3 Å². The number of halogens is 1. The Morgan fingerprint density at radius 2 is 1.72 bits per heavy atom. The van der Waals surface area contributed by atoms with E-state index in [-0.39, 0.29) is 11.8 Å². The van der Waals surface area contributed by atoms with Crippen molar-refractivity contribution in [2.75, 3.05) is 13.2 Å². The highest BCUT2D eigenvalue weighted by Crippen LogP contribution is 2.31. The number of nitrogens with zero attached hydrogens (tertiary/aromatic N) is 3. The first-order valence-corrected chi connectivity index (χ1v) is 11.2. The molecule has 0 saturated carbocycles. The first-order valence-electron chi connectivity index (χ1n) is 10.8. The predicted molar refractivity (Wildman–Crippen MR) is 126 cm³/mol. The number of hydrogen-bond acceptors (Lipinski definition) is 3. The summed E-state index contributed by atoms with van der Waals surface area (Å²) in [6, 6.07) is 25.7.